The lowest BCUT2D eigenvalue weighted by atomic mass is 10.0. The minimum absolute atomic E-state index is 0.243. The van der Waals surface area contributed by atoms with E-state index in [1.807, 2.05) is 33.8 Å². The first-order chi connectivity index (χ1) is 13.0. The smallest absolute Gasteiger partial charge is 0.0721 e. The van der Waals surface area contributed by atoms with Crippen LogP contribution in [0.5, 0.6) is 0 Å². The second-order valence-corrected chi connectivity index (χ2v) is 7.24. The van der Waals surface area contributed by atoms with E-state index in [1.54, 1.807) is 0 Å². The van der Waals surface area contributed by atoms with Gasteiger partial charge >= 0.3 is 0 Å². The molecule has 2 atom stereocenters. The van der Waals surface area contributed by atoms with Gasteiger partial charge in [-0.25, -0.2) is 0 Å². The number of aliphatic hydroxyl groups is 1. The van der Waals surface area contributed by atoms with Crippen molar-refractivity contribution in [2.45, 2.75) is 119 Å². The second kappa shape index (κ2) is 25.2. The first-order valence-electron chi connectivity index (χ1n) is 11.6. The van der Waals surface area contributed by atoms with Gasteiger partial charge in [0.15, 0.2) is 0 Å². The lowest BCUT2D eigenvalue weighted by molar-refractivity contribution is 0.205. The van der Waals surface area contributed by atoms with Gasteiger partial charge in [-0.3, -0.25) is 0 Å². The Kier molecular flexibility index (Phi) is 28.8. The maximum Gasteiger partial charge on any atom is 0.0721 e. The van der Waals surface area contributed by atoms with E-state index in [1.165, 1.54) is 44.1 Å². The van der Waals surface area contributed by atoms with Gasteiger partial charge in [-0.05, 0) is 50.9 Å². The Hall–Kier alpha value is -0.820. The monoisotopic (exact) mass is 380 g/mol. The standard InChI is InChI=1S/C15H26O.C7H14.2C2H6/c1-12(2)5-4-6-15(16)10-9-14-8-7-13(3)11-14;1-3-5-7-6-4-2;2*1-2/h9-10,12,14-16H,3-8,11H2,1-2H3;3,5H,4,6-7H2,1-2H3;2*1-2H3/b10-9+;5-3-;;/t14-,15?;;;/m1.../s1. The van der Waals surface area contributed by atoms with Crippen molar-refractivity contribution >= 4 is 0 Å². The molecule has 1 saturated carbocycles. The number of hydrogen-bond donors (Lipinski definition) is 1. The summed E-state index contributed by atoms with van der Waals surface area (Å²) in [6.07, 6.45) is 18.9. The van der Waals surface area contributed by atoms with Crippen molar-refractivity contribution < 1.29 is 5.11 Å². The van der Waals surface area contributed by atoms with Crippen LogP contribution < -0.4 is 0 Å². The van der Waals surface area contributed by atoms with Crippen molar-refractivity contribution in [3.63, 3.8) is 0 Å². The van der Waals surface area contributed by atoms with Crippen LogP contribution in [0.15, 0.2) is 36.5 Å². The van der Waals surface area contributed by atoms with Gasteiger partial charge < -0.3 is 5.11 Å². The van der Waals surface area contributed by atoms with Gasteiger partial charge in [-0.1, -0.05) is 111 Å². The zero-order chi connectivity index (χ0) is 21.5. The predicted molar refractivity (Wildman–Crippen MR) is 127 cm³/mol. The van der Waals surface area contributed by atoms with Crippen molar-refractivity contribution in [3.8, 4) is 0 Å². The summed E-state index contributed by atoms with van der Waals surface area (Å²) in [6.45, 7) is 20.7. The molecule has 1 rings (SSSR count). The summed E-state index contributed by atoms with van der Waals surface area (Å²) in [5.41, 5.74) is 1.36. The average Bonchev–Trinajstić information content (AvgIpc) is 3.09. The minimum atomic E-state index is -0.243. The van der Waals surface area contributed by atoms with Crippen LogP contribution in [0.2, 0.25) is 0 Å². The number of hydrogen-bond acceptors (Lipinski definition) is 1. The van der Waals surface area contributed by atoms with Crippen LogP contribution in [0.4, 0.5) is 0 Å². The van der Waals surface area contributed by atoms with E-state index in [0.717, 1.165) is 25.2 Å². The molecule has 1 fully saturated rings. The number of unbranched alkanes of at least 4 members (excludes halogenated alkanes) is 2. The quantitative estimate of drug-likeness (QED) is 0.313. The van der Waals surface area contributed by atoms with E-state index in [2.05, 4.69) is 52.5 Å². The molecule has 0 aromatic heterocycles. The Morgan fingerprint density at radius 1 is 1.11 bits per heavy atom. The van der Waals surface area contributed by atoms with E-state index in [-0.39, 0.29) is 6.10 Å². The lowest BCUT2D eigenvalue weighted by Crippen LogP contribution is -2.03. The van der Waals surface area contributed by atoms with Crippen molar-refractivity contribution in [1.82, 2.24) is 0 Å². The first-order valence-corrected chi connectivity index (χ1v) is 11.6. The van der Waals surface area contributed by atoms with Crippen LogP contribution in [-0.4, -0.2) is 11.2 Å². The third-order valence-electron chi connectivity index (χ3n) is 4.27. The van der Waals surface area contributed by atoms with Crippen LogP contribution in [0.3, 0.4) is 0 Å². The molecule has 1 nitrogen and oxygen atoms in total. The average molecular weight is 381 g/mol. The van der Waals surface area contributed by atoms with Crippen LogP contribution in [0.25, 0.3) is 0 Å². The molecule has 0 aliphatic heterocycles. The molecule has 0 bridgehead atoms. The molecule has 0 radical (unpaired) electrons. The first kappa shape index (κ1) is 30.9. The van der Waals surface area contributed by atoms with Gasteiger partial charge in [0, 0.05) is 0 Å². The summed E-state index contributed by atoms with van der Waals surface area (Å²) in [4.78, 5) is 0. The maximum absolute atomic E-state index is 9.78. The fourth-order valence-electron chi connectivity index (χ4n) is 2.73. The Morgan fingerprint density at radius 2 is 1.74 bits per heavy atom. The summed E-state index contributed by atoms with van der Waals surface area (Å²) in [5.74, 6) is 1.38. The van der Waals surface area contributed by atoms with Crippen molar-refractivity contribution in [2.24, 2.45) is 11.8 Å². The highest BCUT2D eigenvalue weighted by Gasteiger charge is 2.15. The molecule has 0 heterocycles. The number of allylic oxidation sites excluding steroid dienone is 4. The van der Waals surface area contributed by atoms with Gasteiger partial charge in [0.1, 0.15) is 0 Å². The number of rotatable bonds is 9. The Morgan fingerprint density at radius 3 is 2.19 bits per heavy atom. The summed E-state index contributed by atoms with van der Waals surface area (Å²) in [7, 11) is 0. The maximum atomic E-state index is 9.78. The molecule has 1 heteroatoms. The molecule has 0 amide bonds. The fourth-order valence-corrected chi connectivity index (χ4v) is 2.73. The van der Waals surface area contributed by atoms with Gasteiger partial charge in [-0.2, -0.15) is 0 Å². The number of aliphatic hydroxyl groups excluding tert-OH is 1. The van der Waals surface area contributed by atoms with Crippen LogP contribution in [0, 0.1) is 11.8 Å². The van der Waals surface area contributed by atoms with Gasteiger partial charge in [0.25, 0.3) is 0 Å². The van der Waals surface area contributed by atoms with E-state index in [0.29, 0.717) is 5.92 Å². The summed E-state index contributed by atoms with van der Waals surface area (Å²) < 4.78 is 0. The van der Waals surface area contributed by atoms with E-state index >= 15 is 0 Å². The van der Waals surface area contributed by atoms with Gasteiger partial charge in [-0.15, -0.1) is 0 Å². The van der Waals surface area contributed by atoms with Crippen molar-refractivity contribution in [3.05, 3.63) is 36.5 Å². The van der Waals surface area contributed by atoms with E-state index < -0.39 is 0 Å². The van der Waals surface area contributed by atoms with Gasteiger partial charge in [0.2, 0.25) is 0 Å². The molecule has 162 valence electrons. The van der Waals surface area contributed by atoms with E-state index in [4.69, 9.17) is 0 Å². The Bertz CT molecular complexity index is 338. The van der Waals surface area contributed by atoms with Crippen LogP contribution >= 0.6 is 0 Å². The Labute approximate surface area is 173 Å². The molecule has 1 unspecified atom stereocenters. The highest BCUT2D eigenvalue weighted by molar-refractivity contribution is 5.08. The van der Waals surface area contributed by atoms with Crippen LogP contribution in [-0.2, 0) is 0 Å². The third-order valence-corrected chi connectivity index (χ3v) is 4.27. The summed E-state index contributed by atoms with van der Waals surface area (Å²) >= 11 is 0. The normalized spacial score (nSPS) is 17.1. The summed E-state index contributed by atoms with van der Waals surface area (Å²) in [6, 6.07) is 0. The molecule has 1 aliphatic carbocycles. The molecule has 0 spiro atoms. The molecular formula is C26H52O. The highest BCUT2D eigenvalue weighted by atomic mass is 16.3. The molecule has 1 aliphatic rings. The van der Waals surface area contributed by atoms with E-state index in [9.17, 15) is 5.11 Å². The lowest BCUT2D eigenvalue weighted by Gasteiger charge is -2.08. The van der Waals surface area contributed by atoms with Crippen LogP contribution in [0.1, 0.15) is 113 Å². The van der Waals surface area contributed by atoms with Crippen molar-refractivity contribution in [1.29, 1.82) is 0 Å². The highest BCUT2D eigenvalue weighted by Crippen LogP contribution is 2.29. The third kappa shape index (κ3) is 25.2. The molecule has 1 N–H and O–H groups in total. The molecule has 0 saturated heterocycles. The molecule has 0 aromatic rings. The largest absolute Gasteiger partial charge is 0.389 e. The SMILES string of the molecule is C/C=C\CCCC.C=C1CC[C@H](/C=C/C(O)CCCC(C)C)C1.CC.CC. The summed E-state index contributed by atoms with van der Waals surface area (Å²) in [5, 5.41) is 9.78. The second-order valence-electron chi connectivity index (χ2n) is 7.24. The zero-order valence-corrected chi connectivity index (χ0v) is 20.1. The Balaban J connectivity index is -0.000000440. The van der Waals surface area contributed by atoms with Gasteiger partial charge in [0.05, 0.1) is 6.10 Å². The fraction of sp³-hybridized carbons (Fsp3) is 0.769. The molecule has 27 heavy (non-hydrogen) atoms. The topological polar surface area (TPSA) is 20.2 Å². The zero-order valence-electron chi connectivity index (χ0n) is 20.1. The minimum Gasteiger partial charge on any atom is -0.389 e. The predicted octanol–water partition coefficient (Wildman–Crippen LogP) is 8.89. The molecular weight excluding hydrogens is 328 g/mol. The molecule has 0 aromatic carbocycles. The van der Waals surface area contributed by atoms with Crippen molar-refractivity contribution in [2.75, 3.05) is 0 Å².